The van der Waals surface area contributed by atoms with Crippen LogP contribution >= 0.6 is 0 Å². The number of nitrogens with zero attached hydrogens (tertiary/aromatic N) is 2. The topological polar surface area (TPSA) is 87.2 Å². The number of amides is 1. The SMILES string of the molecule is Cn1nc(-c2ccc(OCC(N)=O)cc2)c2ccccc2c1=O. The molecular formula is C17H15N3O3. The molecule has 0 spiro atoms. The van der Waals surface area contributed by atoms with Crippen LogP contribution in [0.3, 0.4) is 0 Å². The molecule has 23 heavy (non-hydrogen) atoms. The molecule has 0 unspecified atom stereocenters. The number of benzene rings is 2. The molecule has 3 aromatic rings. The van der Waals surface area contributed by atoms with Crippen molar-refractivity contribution in [3.05, 3.63) is 58.9 Å². The van der Waals surface area contributed by atoms with E-state index in [2.05, 4.69) is 5.10 Å². The van der Waals surface area contributed by atoms with Gasteiger partial charge in [-0.1, -0.05) is 18.2 Å². The van der Waals surface area contributed by atoms with Crippen molar-refractivity contribution >= 4 is 16.7 Å². The Labute approximate surface area is 132 Å². The number of ether oxygens (including phenoxy) is 1. The van der Waals surface area contributed by atoms with Crippen molar-refractivity contribution in [3.8, 4) is 17.0 Å². The maximum atomic E-state index is 12.2. The molecule has 0 aliphatic rings. The molecule has 0 atom stereocenters. The van der Waals surface area contributed by atoms with E-state index in [1.54, 1.807) is 25.2 Å². The summed E-state index contributed by atoms with van der Waals surface area (Å²) in [7, 11) is 1.63. The Balaban J connectivity index is 2.05. The standard InChI is InChI=1S/C17H15N3O3/c1-20-17(22)14-5-3-2-4-13(14)16(19-20)11-6-8-12(9-7-11)23-10-15(18)21/h2-9H,10H2,1H3,(H2,18,21). The average molecular weight is 309 g/mol. The third-order valence-corrected chi connectivity index (χ3v) is 3.47. The molecule has 0 saturated carbocycles. The van der Waals surface area contributed by atoms with Crippen LogP contribution in [0.15, 0.2) is 53.3 Å². The van der Waals surface area contributed by atoms with Crippen LogP contribution in [0.5, 0.6) is 5.75 Å². The third kappa shape index (κ3) is 2.91. The number of hydrogen-bond acceptors (Lipinski definition) is 4. The Morgan fingerprint density at radius 3 is 2.43 bits per heavy atom. The molecule has 1 amide bonds. The molecule has 2 N–H and O–H groups in total. The second kappa shape index (κ2) is 5.92. The van der Waals surface area contributed by atoms with E-state index in [4.69, 9.17) is 10.5 Å². The highest BCUT2D eigenvalue weighted by molar-refractivity contribution is 5.93. The largest absolute Gasteiger partial charge is 0.484 e. The second-order valence-corrected chi connectivity index (χ2v) is 5.10. The van der Waals surface area contributed by atoms with Gasteiger partial charge in [0, 0.05) is 18.0 Å². The van der Waals surface area contributed by atoms with Gasteiger partial charge in [-0.3, -0.25) is 9.59 Å². The van der Waals surface area contributed by atoms with Crippen LogP contribution < -0.4 is 16.0 Å². The Kier molecular flexibility index (Phi) is 3.80. The lowest BCUT2D eigenvalue weighted by Gasteiger charge is -2.09. The highest BCUT2D eigenvalue weighted by Gasteiger charge is 2.10. The molecular weight excluding hydrogens is 294 g/mol. The summed E-state index contributed by atoms with van der Waals surface area (Å²) in [5.41, 5.74) is 6.48. The normalized spacial score (nSPS) is 10.7. The lowest BCUT2D eigenvalue weighted by molar-refractivity contribution is -0.119. The maximum absolute atomic E-state index is 12.2. The summed E-state index contributed by atoms with van der Waals surface area (Å²) < 4.78 is 6.57. The number of nitrogens with two attached hydrogens (primary N) is 1. The molecule has 2 aromatic carbocycles. The molecule has 0 aliphatic heterocycles. The predicted octanol–water partition coefficient (Wildman–Crippen LogP) is 1.46. The predicted molar refractivity (Wildman–Crippen MR) is 87.1 cm³/mol. The molecule has 0 fully saturated rings. The molecule has 116 valence electrons. The first-order valence-corrected chi connectivity index (χ1v) is 7.04. The van der Waals surface area contributed by atoms with Crippen molar-refractivity contribution in [2.24, 2.45) is 12.8 Å². The van der Waals surface area contributed by atoms with Crippen molar-refractivity contribution in [3.63, 3.8) is 0 Å². The quantitative estimate of drug-likeness (QED) is 0.790. The van der Waals surface area contributed by atoms with E-state index in [0.29, 0.717) is 16.8 Å². The lowest BCUT2D eigenvalue weighted by atomic mass is 10.1. The van der Waals surface area contributed by atoms with E-state index in [1.165, 1.54) is 4.68 Å². The number of carbonyl (C=O) groups is 1. The fourth-order valence-corrected chi connectivity index (χ4v) is 2.38. The molecule has 1 heterocycles. The fraction of sp³-hybridized carbons (Fsp3) is 0.118. The van der Waals surface area contributed by atoms with Crippen LogP contribution in [-0.4, -0.2) is 22.3 Å². The molecule has 0 aliphatic carbocycles. The summed E-state index contributed by atoms with van der Waals surface area (Å²) in [5.74, 6) is 0.0153. The molecule has 6 heteroatoms. The number of carbonyl (C=O) groups excluding carboxylic acids is 1. The summed E-state index contributed by atoms with van der Waals surface area (Å²) in [6.07, 6.45) is 0. The zero-order valence-corrected chi connectivity index (χ0v) is 12.5. The lowest BCUT2D eigenvalue weighted by Crippen LogP contribution is -2.20. The monoisotopic (exact) mass is 309 g/mol. The van der Waals surface area contributed by atoms with Gasteiger partial charge in [-0.05, 0) is 30.3 Å². The van der Waals surface area contributed by atoms with Crippen LogP contribution in [0.4, 0.5) is 0 Å². The minimum Gasteiger partial charge on any atom is -0.484 e. The van der Waals surface area contributed by atoms with Crippen molar-refractivity contribution in [1.82, 2.24) is 9.78 Å². The number of rotatable bonds is 4. The molecule has 0 saturated heterocycles. The fourth-order valence-electron chi connectivity index (χ4n) is 2.38. The van der Waals surface area contributed by atoms with Crippen LogP contribution in [0.2, 0.25) is 0 Å². The number of fused-ring (bicyclic) bond motifs is 1. The Morgan fingerprint density at radius 2 is 1.78 bits per heavy atom. The van der Waals surface area contributed by atoms with Gasteiger partial charge in [0.25, 0.3) is 11.5 Å². The molecule has 1 aromatic heterocycles. The highest BCUT2D eigenvalue weighted by atomic mass is 16.5. The number of aryl methyl sites for hydroxylation is 1. The van der Waals surface area contributed by atoms with Gasteiger partial charge in [-0.2, -0.15) is 5.10 Å². The summed E-state index contributed by atoms with van der Waals surface area (Å²) in [6, 6.07) is 14.5. The van der Waals surface area contributed by atoms with Gasteiger partial charge in [-0.15, -0.1) is 0 Å². The first kappa shape index (κ1) is 14.8. The molecule has 0 bridgehead atoms. The first-order valence-electron chi connectivity index (χ1n) is 7.04. The van der Waals surface area contributed by atoms with Gasteiger partial charge >= 0.3 is 0 Å². The summed E-state index contributed by atoms with van der Waals surface area (Å²) in [5, 5.41) is 5.78. The smallest absolute Gasteiger partial charge is 0.274 e. The van der Waals surface area contributed by atoms with E-state index in [-0.39, 0.29) is 12.2 Å². The minimum absolute atomic E-state index is 0.134. The van der Waals surface area contributed by atoms with E-state index >= 15 is 0 Å². The van der Waals surface area contributed by atoms with Gasteiger partial charge in [0.1, 0.15) is 5.75 Å². The van der Waals surface area contributed by atoms with E-state index in [0.717, 1.165) is 10.9 Å². The first-order chi connectivity index (χ1) is 11.1. The molecule has 6 nitrogen and oxygen atoms in total. The average Bonchev–Trinajstić information content (AvgIpc) is 2.57. The zero-order valence-electron chi connectivity index (χ0n) is 12.5. The van der Waals surface area contributed by atoms with E-state index < -0.39 is 5.91 Å². The van der Waals surface area contributed by atoms with Gasteiger partial charge in [0.2, 0.25) is 0 Å². The third-order valence-electron chi connectivity index (χ3n) is 3.47. The van der Waals surface area contributed by atoms with Crippen molar-refractivity contribution in [2.75, 3.05) is 6.61 Å². The Bertz CT molecular complexity index is 930. The van der Waals surface area contributed by atoms with Crippen LogP contribution in [0, 0.1) is 0 Å². The summed E-state index contributed by atoms with van der Waals surface area (Å²) in [4.78, 5) is 22.9. The summed E-state index contributed by atoms with van der Waals surface area (Å²) in [6.45, 7) is -0.166. The van der Waals surface area contributed by atoms with Crippen LogP contribution in [-0.2, 0) is 11.8 Å². The van der Waals surface area contributed by atoms with Crippen molar-refractivity contribution < 1.29 is 9.53 Å². The zero-order chi connectivity index (χ0) is 16.4. The summed E-state index contributed by atoms with van der Waals surface area (Å²) >= 11 is 0. The van der Waals surface area contributed by atoms with E-state index in [1.807, 2.05) is 30.3 Å². The number of aromatic nitrogens is 2. The second-order valence-electron chi connectivity index (χ2n) is 5.10. The molecule has 0 radical (unpaired) electrons. The number of primary amides is 1. The van der Waals surface area contributed by atoms with E-state index in [9.17, 15) is 9.59 Å². The van der Waals surface area contributed by atoms with Crippen molar-refractivity contribution in [2.45, 2.75) is 0 Å². The van der Waals surface area contributed by atoms with Crippen molar-refractivity contribution in [1.29, 1.82) is 0 Å². The Hall–Kier alpha value is -3.15. The minimum atomic E-state index is -0.528. The molecule has 3 rings (SSSR count). The number of hydrogen-bond donors (Lipinski definition) is 1. The van der Waals surface area contributed by atoms with Crippen LogP contribution in [0.25, 0.3) is 22.0 Å². The highest BCUT2D eigenvalue weighted by Crippen LogP contribution is 2.26. The maximum Gasteiger partial charge on any atom is 0.274 e. The van der Waals surface area contributed by atoms with Gasteiger partial charge in [0.05, 0.1) is 11.1 Å². The van der Waals surface area contributed by atoms with Gasteiger partial charge in [0.15, 0.2) is 6.61 Å². The van der Waals surface area contributed by atoms with Gasteiger partial charge < -0.3 is 10.5 Å². The Morgan fingerprint density at radius 1 is 1.13 bits per heavy atom. The van der Waals surface area contributed by atoms with Gasteiger partial charge in [-0.25, -0.2) is 4.68 Å². The van der Waals surface area contributed by atoms with Crippen LogP contribution in [0.1, 0.15) is 0 Å².